The van der Waals surface area contributed by atoms with Crippen LogP contribution in [0.3, 0.4) is 0 Å². The molecule has 1 unspecified atom stereocenters. The third-order valence-corrected chi connectivity index (χ3v) is 8.69. The Balaban J connectivity index is 2.01. The number of fused-ring (bicyclic) bond motifs is 3. The predicted octanol–water partition coefficient (Wildman–Crippen LogP) is 0.840. The van der Waals surface area contributed by atoms with Gasteiger partial charge < -0.3 is 25.8 Å². The lowest BCUT2D eigenvalue weighted by Crippen LogP contribution is -2.61. The van der Waals surface area contributed by atoms with Crippen LogP contribution < -0.4 is 10.5 Å². The van der Waals surface area contributed by atoms with Crippen molar-refractivity contribution in [1.82, 2.24) is 9.88 Å². The summed E-state index contributed by atoms with van der Waals surface area (Å²) < 4.78 is 5.29. The number of pyridine rings is 1. The Labute approximate surface area is 191 Å². The van der Waals surface area contributed by atoms with Crippen LogP contribution in [0, 0.1) is 11.8 Å². The van der Waals surface area contributed by atoms with E-state index in [1.165, 1.54) is 7.11 Å². The smallest absolute Gasteiger partial charge is 0.255 e. The highest BCUT2D eigenvalue weighted by Gasteiger charge is 2.63. The van der Waals surface area contributed by atoms with Gasteiger partial charge >= 0.3 is 0 Å². The number of Topliss-reactive ketones (excluding diaryl/α,β-unsaturated/α-hetero) is 2. The summed E-state index contributed by atoms with van der Waals surface area (Å²) in [6.45, 7) is 1.71. The van der Waals surface area contributed by atoms with Gasteiger partial charge in [0.1, 0.15) is 28.0 Å². The number of hydrogen-bond acceptors (Lipinski definition) is 9. The van der Waals surface area contributed by atoms with E-state index in [-0.39, 0.29) is 44.2 Å². The first-order valence-electron chi connectivity index (χ1n) is 10.4. The number of rotatable bonds is 4. The molecule has 0 spiro atoms. The van der Waals surface area contributed by atoms with Crippen LogP contribution in [0.2, 0.25) is 0 Å². The Morgan fingerprint density at radius 2 is 1.97 bits per heavy atom. The molecule has 3 aliphatic carbocycles. The van der Waals surface area contributed by atoms with Crippen LogP contribution in [0.25, 0.3) is 0 Å². The zero-order chi connectivity index (χ0) is 24.4. The number of amides is 1. The number of allylic oxidation sites excluding steroid dienone is 2. The van der Waals surface area contributed by atoms with Crippen molar-refractivity contribution in [2.45, 2.75) is 24.0 Å². The number of primary amides is 1. The number of methoxy groups -OCH3 is 1. The summed E-state index contributed by atoms with van der Waals surface area (Å²) in [5.74, 6) is -4.59. The fourth-order valence-corrected chi connectivity index (χ4v) is 7.11. The first-order chi connectivity index (χ1) is 15.5. The lowest BCUT2D eigenvalue weighted by Gasteiger charge is -2.52. The van der Waals surface area contributed by atoms with Crippen LogP contribution in [0.15, 0.2) is 28.9 Å². The first-order valence-corrected chi connectivity index (χ1v) is 11.9. The Kier molecular flexibility index (Phi) is 5.49. The van der Waals surface area contributed by atoms with Crippen LogP contribution >= 0.6 is 8.58 Å². The zero-order valence-electron chi connectivity index (χ0n) is 18.7. The van der Waals surface area contributed by atoms with E-state index >= 15 is 0 Å². The Morgan fingerprint density at radius 1 is 1.30 bits per heavy atom. The van der Waals surface area contributed by atoms with E-state index in [0.717, 1.165) is 6.20 Å². The number of likely N-dealkylation sites (N-methyl/N-ethyl adjacent to an activating group) is 1. The normalized spacial score (nSPS) is 29.4. The third kappa shape index (κ3) is 2.93. The van der Waals surface area contributed by atoms with E-state index in [0.29, 0.717) is 5.56 Å². The van der Waals surface area contributed by atoms with Crippen molar-refractivity contribution in [2.75, 3.05) is 27.9 Å². The fraction of sp³-hybridized carbons (Fsp3) is 0.455. The van der Waals surface area contributed by atoms with Gasteiger partial charge in [0.2, 0.25) is 5.88 Å². The quantitative estimate of drug-likeness (QED) is 0.365. The van der Waals surface area contributed by atoms with E-state index in [2.05, 4.69) is 4.98 Å². The lowest BCUT2D eigenvalue weighted by molar-refractivity contribution is -0.125. The molecule has 0 fully saturated rings. The first kappa shape index (κ1) is 23.2. The summed E-state index contributed by atoms with van der Waals surface area (Å²) in [6, 6.07) is -0.776. The number of aliphatic hydroxyl groups excluding tert-OH is 2. The molecule has 3 aliphatic rings. The summed E-state index contributed by atoms with van der Waals surface area (Å²) in [5, 5.41) is 31.2. The molecule has 33 heavy (non-hydrogen) atoms. The number of aliphatic hydroxyl groups is 2. The van der Waals surface area contributed by atoms with E-state index in [1.807, 2.05) is 0 Å². The van der Waals surface area contributed by atoms with Crippen LogP contribution in [0.5, 0.6) is 11.6 Å². The predicted molar refractivity (Wildman–Crippen MR) is 120 cm³/mol. The molecule has 0 bridgehead atoms. The van der Waals surface area contributed by atoms with E-state index in [4.69, 9.17) is 10.5 Å². The average Bonchev–Trinajstić information content (AvgIpc) is 2.73. The van der Waals surface area contributed by atoms with Crippen LogP contribution in [0.1, 0.15) is 22.3 Å². The highest BCUT2D eigenvalue weighted by molar-refractivity contribution is 7.41. The van der Waals surface area contributed by atoms with Crippen LogP contribution in [-0.4, -0.2) is 81.7 Å². The molecule has 0 aromatic carbocycles. The van der Waals surface area contributed by atoms with Gasteiger partial charge in [-0.05, 0) is 39.5 Å². The molecule has 5 atom stereocenters. The van der Waals surface area contributed by atoms with Gasteiger partial charge in [-0.2, -0.15) is 0 Å². The van der Waals surface area contributed by atoms with Gasteiger partial charge in [0.15, 0.2) is 11.6 Å². The number of nitrogens with two attached hydrogens (primary N) is 1. The van der Waals surface area contributed by atoms with Crippen molar-refractivity contribution < 1.29 is 34.4 Å². The number of ketones is 2. The minimum absolute atomic E-state index is 0.0198. The SMILES string of the molecule is COc1ncc(O)c2c1C[C@H]1C[C@H]3[C@H](N(C)C)C(O)=C(C(N)=O)C(=O)[C@@]3(PC)C(O)=C1C2=O. The zero-order valence-corrected chi connectivity index (χ0v) is 19.7. The van der Waals surface area contributed by atoms with Gasteiger partial charge in [-0.1, -0.05) is 0 Å². The maximum Gasteiger partial charge on any atom is 0.255 e. The summed E-state index contributed by atoms with van der Waals surface area (Å²) >= 11 is 0. The monoisotopic (exact) mass is 475 g/mol. The van der Waals surface area contributed by atoms with Gasteiger partial charge in [0.05, 0.1) is 24.9 Å². The Morgan fingerprint density at radius 3 is 2.52 bits per heavy atom. The van der Waals surface area contributed by atoms with Crippen molar-refractivity contribution in [1.29, 1.82) is 0 Å². The van der Waals surface area contributed by atoms with Crippen molar-refractivity contribution >= 4 is 26.1 Å². The van der Waals surface area contributed by atoms with Gasteiger partial charge in [-0.3, -0.25) is 19.3 Å². The van der Waals surface area contributed by atoms with Crippen LogP contribution in [-0.2, 0) is 16.0 Å². The van der Waals surface area contributed by atoms with E-state index in [9.17, 15) is 29.7 Å². The van der Waals surface area contributed by atoms with Crippen molar-refractivity contribution in [2.24, 2.45) is 17.6 Å². The number of nitrogens with zero attached hydrogens (tertiary/aromatic N) is 2. The number of aromatic nitrogens is 1. The molecule has 176 valence electrons. The molecular formula is C22H26N3O7P. The molecule has 11 heteroatoms. The van der Waals surface area contributed by atoms with Crippen molar-refractivity contribution in [3.05, 3.63) is 40.0 Å². The largest absolute Gasteiger partial charge is 0.510 e. The second-order valence-corrected chi connectivity index (χ2v) is 10.0. The molecule has 1 amide bonds. The fourth-order valence-electron chi connectivity index (χ4n) is 5.74. The maximum atomic E-state index is 13.6. The van der Waals surface area contributed by atoms with Gasteiger partial charge in [-0.15, -0.1) is 8.58 Å². The molecule has 1 aromatic rings. The van der Waals surface area contributed by atoms with Gasteiger partial charge in [0.25, 0.3) is 5.91 Å². The molecule has 1 heterocycles. The minimum atomic E-state index is -1.59. The molecule has 0 radical (unpaired) electrons. The average molecular weight is 475 g/mol. The van der Waals surface area contributed by atoms with Crippen molar-refractivity contribution in [3.8, 4) is 11.6 Å². The Bertz CT molecular complexity index is 1160. The second-order valence-electron chi connectivity index (χ2n) is 8.76. The summed E-state index contributed by atoms with van der Waals surface area (Å²) in [5.41, 5.74) is 5.34. The Hall–Kier alpha value is -2.97. The van der Waals surface area contributed by atoms with Crippen LogP contribution in [0.4, 0.5) is 0 Å². The topological polar surface area (TPSA) is 163 Å². The summed E-state index contributed by atoms with van der Waals surface area (Å²) in [6.07, 6.45) is 1.62. The number of hydrogen-bond donors (Lipinski definition) is 4. The highest BCUT2D eigenvalue weighted by Crippen LogP contribution is 2.59. The molecule has 0 saturated heterocycles. The number of ether oxygens (including phenoxy) is 1. The molecule has 4 rings (SSSR count). The molecule has 0 aliphatic heterocycles. The molecule has 1 aromatic heterocycles. The van der Waals surface area contributed by atoms with Gasteiger partial charge in [0, 0.05) is 17.1 Å². The standard InChI is InChI=1S/C22H26N3O7P/c1-25(2)15-10-6-8-5-9-13(11(26)7-24-21(9)32-3)16(27)12(8)18(29)22(10,33-4)19(30)14(17(15)28)20(23)31/h7-8,10,15,26,28-29,33H,5-6H2,1-4H3,(H2,23,31)/t8-,10-,15-,22-/m0/s1. The maximum absolute atomic E-state index is 13.6. The second kappa shape index (κ2) is 7.81. The van der Waals surface area contributed by atoms with E-state index in [1.54, 1.807) is 25.7 Å². The molecule has 5 N–H and O–H groups in total. The minimum Gasteiger partial charge on any atom is -0.510 e. The summed E-state index contributed by atoms with van der Waals surface area (Å²) in [4.78, 5) is 45.1. The van der Waals surface area contributed by atoms with Crippen molar-refractivity contribution in [3.63, 3.8) is 0 Å². The molecular weight excluding hydrogens is 449 g/mol. The lowest BCUT2D eigenvalue weighted by atomic mass is 9.60. The van der Waals surface area contributed by atoms with E-state index < -0.39 is 57.6 Å². The highest BCUT2D eigenvalue weighted by atomic mass is 31.1. The summed E-state index contributed by atoms with van der Waals surface area (Å²) in [7, 11) is 4.58. The number of carbonyl (C=O) groups excluding carboxylic acids is 3. The number of aromatic hydroxyl groups is 1. The third-order valence-electron chi connectivity index (χ3n) is 7.07. The number of carbonyl (C=O) groups is 3. The van der Waals surface area contributed by atoms with Gasteiger partial charge in [-0.25, -0.2) is 4.98 Å². The molecule has 0 saturated carbocycles. The molecule has 10 nitrogen and oxygen atoms in total.